The second-order valence-corrected chi connectivity index (χ2v) is 8.34. The Balaban J connectivity index is 1.62. The van der Waals surface area contributed by atoms with Gasteiger partial charge in [-0.2, -0.15) is 0 Å². The van der Waals surface area contributed by atoms with Gasteiger partial charge in [-0.1, -0.05) is 30.3 Å². The standard InChI is InChI=1S/C17H19BrOS/c18-16-7-6-15(20-16)12-17(19)10-8-14(9-11-17)13-4-2-1-3-5-13/h1-7,14,19H,8-12H2. The van der Waals surface area contributed by atoms with Crippen LogP contribution in [0, 0.1) is 0 Å². The van der Waals surface area contributed by atoms with Crippen molar-refractivity contribution in [1.82, 2.24) is 0 Å². The van der Waals surface area contributed by atoms with E-state index in [1.807, 2.05) is 0 Å². The Hall–Kier alpha value is -0.640. The monoisotopic (exact) mass is 350 g/mol. The second kappa shape index (κ2) is 6.00. The SMILES string of the molecule is OC1(Cc2ccc(Br)s2)CCC(c2ccccc2)CC1. The summed E-state index contributed by atoms with van der Waals surface area (Å²) in [6.45, 7) is 0. The molecule has 2 aromatic rings. The van der Waals surface area contributed by atoms with Crippen LogP contribution in [0.4, 0.5) is 0 Å². The summed E-state index contributed by atoms with van der Waals surface area (Å²) < 4.78 is 1.15. The third-order valence-electron chi connectivity index (χ3n) is 4.32. The van der Waals surface area contributed by atoms with E-state index in [0.717, 1.165) is 35.9 Å². The van der Waals surface area contributed by atoms with E-state index in [2.05, 4.69) is 58.4 Å². The van der Waals surface area contributed by atoms with Gasteiger partial charge in [-0.05, 0) is 65.2 Å². The van der Waals surface area contributed by atoms with Crippen LogP contribution in [0.2, 0.25) is 0 Å². The van der Waals surface area contributed by atoms with Gasteiger partial charge in [0.05, 0.1) is 9.39 Å². The van der Waals surface area contributed by atoms with Crippen molar-refractivity contribution in [2.24, 2.45) is 0 Å². The first kappa shape index (κ1) is 14.3. The van der Waals surface area contributed by atoms with E-state index in [-0.39, 0.29) is 0 Å². The Labute approximate surface area is 132 Å². The van der Waals surface area contributed by atoms with E-state index < -0.39 is 5.60 Å². The quantitative estimate of drug-likeness (QED) is 0.812. The highest BCUT2D eigenvalue weighted by Crippen LogP contribution is 2.40. The number of rotatable bonds is 3. The molecule has 1 aromatic carbocycles. The zero-order chi connectivity index (χ0) is 14.0. The molecule has 1 aromatic heterocycles. The number of thiophene rings is 1. The van der Waals surface area contributed by atoms with Crippen LogP contribution in [0.15, 0.2) is 46.3 Å². The minimum absolute atomic E-state index is 0.504. The molecule has 0 unspecified atom stereocenters. The maximum absolute atomic E-state index is 10.8. The van der Waals surface area contributed by atoms with Gasteiger partial charge in [0.15, 0.2) is 0 Å². The lowest BCUT2D eigenvalue weighted by molar-refractivity contribution is 0.000224. The maximum atomic E-state index is 10.8. The molecule has 3 heteroatoms. The summed E-state index contributed by atoms with van der Waals surface area (Å²) in [4.78, 5) is 1.28. The van der Waals surface area contributed by atoms with Crippen LogP contribution in [-0.4, -0.2) is 10.7 Å². The van der Waals surface area contributed by atoms with E-state index in [1.165, 1.54) is 10.4 Å². The molecule has 1 nitrogen and oxygen atoms in total. The Morgan fingerprint density at radius 1 is 1.10 bits per heavy atom. The van der Waals surface area contributed by atoms with Gasteiger partial charge in [0, 0.05) is 11.3 Å². The van der Waals surface area contributed by atoms with Gasteiger partial charge in [-0.15, -0.1) is 11.3 Å². The number of hydrogen-bond acceptors (Lipinski definition) is 2. The molecular weight excluding hydrogens is 332 g/mol. The molecule has 1 saturated carbocycles. The molecule has 0 amide bonds. The highest BCUT2D eigenvalue weighted by Gasteiger charge is 2.34. The van der Waals surface area contributed by atoms with Gasteiger partial charge in [-0.25, -0.2) is 0 Å². The molecule has 1 N–H and O–H groups in total. The van der Waals surface area contributed by atoms with E-state index >= 15 is 0 Å². The fourth-order valence-corrected chi connectivity index (χ4v) is 4.78. The fraction of sp³-hybridized carbons (Fsp3) is 0.412. The molecule has 1 fully saturated rings. The second-order valence-electron chi connectivity index (χ2n) is 5.79. The Morgan fingerprint density at radius 3 is 2.40 bits per heavy atom. The summed E-state index contributed by atoms with van der Waals surface area (Å²) in [6, 6.07) is 14.9. The Kier molecular flexibility index (Phi) is 4.29. The third kappa shape index (κ3) is 3.33. The molecule has 0 saturated heterocycles. The predicted octanol–water partition coefficient (Wildman–Crippen LogP) is 5.14. The molecular formula is C17H19BrOS. The largest absolute Gasteiger partial charge is 0.390 e. The van der Waals surface area contributed by atoms with Crippen molar-refractivity contribution in [3.05, 3.63) is 56.7 Å². The summed E-state index contributed by atoms with van der Waals surface area (Å²) in [5, 5.41) is 10.8. The van der Waals surface area contributed by atoms with Crippen molar-refractivity contribution in [2.75, 3.05) is 0 Å². The molecule has 0 spiro atoms. The van der Waals surface area contributed by atoms with Crippen molar-refractivity contribution >= 4 is 27.3 Å². The summed E-state index contributed by atoms with van der Waals surface area (Å²) in [5.74, 6) is 0.617. The van der Waals surface area contributed by atoms with Gasteiger partial charge >= 0.3 is 0 Å². The molecule has 1 aliphatic carbocycles. The van der Waals surface area contributed by atoms with Crippen molar-refractivity contribution < 1.29 is 5.11 Å². The van der Waals surface area contributed by atoms with Crippen LogP contribution in [0.3, 0.4) is 0 Å². The van der Waals surface area contributed by atoms with Crippen LogP contribution in [0.5, 0.6) is 0 Å². The zero-order valence-electron chi connectivity index (χ0n) is 11.4. The van der Waals surface area contributed by atoms with E-state index in [1.54, 1.807) is 11.3 Å². The number of benzene rings is 1. The first-order valence-electron chi connectivity index (χ1n) is 7.16. The molecule has 0 aliphatic heterocycles. The van der Waals surface area contributed by atoms with Gasteiger partial charge < -0.3 is 5.11 Å². The van der Waals surface area contributed by atoms with Crippen LogP contribution >= 0.6 is 27.3 Å². The lowest BCUT2D eigenvalue weighted by atomic mass is 9.74. The third-order valence-corrected chi connectivity index (χ3v) is 5.94. The van der Waals surface area contributed by atoms with E-state index in [9.17, 15) is 5.11 Å². The predicted molar refractivity (Wildman–Crippen MR) is 88.3 cm³/mol. The number of halogens is 1. The van der Waals surface area contributed by atoms with Crippen LogP contribution < -0.4 is 0 Å². The van der Waals surface area contributed by atoms with E-state index in [4.69, 9.17) is 0 Å². The van der Waals surface area contributed by atoms with Crippen LogP contribution in [-0.2, 0) is 6.42 Å². The molecule has 106 valence electrons. The topological polar surface area (TPSA) is 20.2 Å². The lowest BCUT2D eigenvalue weighted by Crippen LogP contribution is -2.35. The Morgan fingerprint density at radius 2 is 1.80 bits per heavy atom. The summed E-state index contributed by atoms with van der Waals surface area (Å²) >= 11 is 5.23. The van der Waals surface area contributed by atoms with Crippen molar-refractivity contribution in [3.8, 4) is 0 Å². The van der Waals surface area contributed by atoms with Gasteiger partial charge in [0.25, 0.3) is 0 Å². The average molecular weight is 351 g/mol. The molecule has 0 bridgehead atoms. The van der Waals surface area contributed by atoms with Gasteiger partial charge in [-0.3, -0.25) is 0 Å². The minimum atomic E-state index is -0.504. The highest BCUT2D eigenvalue weighted by atomic mass is 79.9. The molecule has 3 rings (SSSR count). The van der Waals surface area contributed by atoms with Crippen molar-refractivity contribution in [1.29, 1.82) is 0 Å². The summed E-state index contributed by atoms with van der Waals surface area (Å²) in [7, 11) is 0. The van der Waals surface area contributed by atoms with Crippen LogP contribution in [0.25, 0.3) is 0 Å². The summed E-state index contributed by atoms with van der Waals surface area (Å²) in [6.07, 6.45) is 4.79. The van der Waals surface area contributed by atoms with Crippen molar-refractivity contribution in [3.63, 3.8) is 0 Å². The first-order valence-corrected chi connectivity index (χ1v) is 8.77. The lowest BCUT2D eigenvalue weighted by Gasteiger charge is -2.36. The van der Waals surface area contributed by atoms with Crippen molar-refractivity contribution in [2.45, 2.75) is 43.6 Å². The number of aliphatic hydroxyl groups is 1. The number of hydrogen-bond donors (Lipinski definition) is 1. The van der Waals surface area contributed by atoms with E-state index in [0.29, 0.717) is 5.92 Å². The molecule has 0 atom stereocenters. The average Bonchev–Trinajstić information content (AvgIpc) is 2.85. The highest BCUT2D eigenvalue weighted by molar-refractivity contribution is 9.11. The zero-order valence-corrected chi connectivity index (χ0v) is 13.8. The molecule has 1 aliphatic rings. The van der Waals surface area contributed by atoms with Crippen LogP contribution in [0.1, 0.15) is 42.0 Å². The minimum Gasteiger partial charge on any atom is -0.390 e. The molecule has 1 heterocycles. The maximum Gasteiger partial charge on any atom is 0.0701 e. The van der Waals surface area contributed by atoms with Gasteiger partial charge in [0.1, 0.15) is 0 Å². The Bertz CT molecular complexity index is 555. The normalized spacial score (nSPS) is 26.6. The molecule has 20 heavy (non-hydrogen) atoms. The molecule has 0 radical (unpaired) electrons. The van der Waals surface area contributed by atoms with Gasteiger partial charge in [0.2, 0.25) is 0 Å². The summed E-state index contributed by atoms with van der Waals surface area (Å²) in [5.41, 5.74) is 0.920. The first-order chi connectivity index (χ1) is 9.65. The fourth-order valence-electron chi connectivity index (χ4n) is 3.16. The smallest absolute Gasteiger partial charge is 0.0701 e.